The Kier molecular flexibility index (Phi) is 6.79. The van der Waals surface area contributed by atoms with Crippen LogP contribution in [-0.2, 0) is 21.9 Å². The van der Waals surface area contributed by atoms with Gasteiger partial charge in [-0.3, -0.25) is 4.79 Å². The molecule has 1 N–H and O–H groups in total. The van der Waals surface area contributed by atoms with Crippen LogP contribution in [0, 0.1) is 17.2 Å². The van der Waals surface area contributed by atoms with Gasteiger partial charge in [-0.1, -0.05) is 43.0 Å². The Balaban J connectivity index is 1.58. The van der Waals surface area contributed by atoms with E-state index in [2.05, 4.69) is 10.3 Å². The number of imidazole rings is 1. The second kappa shape index (κ2) is 9.17. The third-order valence-corrected chi connectivity index (χ3v) is 9.65. The molecule has 1 aliphatic carbocycles. The summed E-state index contributed by atoms with van der Waals surface area (Å²) in [5.74, 6) is -1.40. The molecule has 1 amide bonds. The van der Waals surface area contributed by atoms with Gasteiger partial charge in [0.25, 0.3) is 10.0 Å². The summed E-state index contributed by atoms with van der Waals surface area (Å²) in [5.41, 5.74) is -0.195. The van der Waals surface area contributed by atoms with Crippen molar-refractivity contribution >= 4 is 39.1 Å². The number of nitrogens with one attached hydrogen (secondary N) is 1. The summed E-state index contributed by atoms with van der Waals surface area (Å²) in [5, 5.41) is 3.28. The molecule has 0 spiro atoms. The Bertz CT molecular complexity index is 1160. The maximum absolute atomic E-state index is 15.0. The molecule has 180 valence electrons. The van der Waals surface area contributed by atoms with Crippen LogP contribution < -0.4 is 5.32 Å². The molecule has 1 aliphatic heterocycles. The fraction of sp³-hybridized carbons (Fsp3) is 0.545. The fourth-order valence-corrected chi connectivity index (χ4v) is 7.01. The first-order valence-corrected chi connectivity index (χ1v) is 13.2. The molecule has 0 radical (unpaired) electrons. The highest BCUT2D eigenvalue weighted by Gasteiger charge is 2.44. The highest BCUT2D eigenvalue weighted by atomic mass is 35.5. The van der Waals surface area contributed by atoms with E-state index in [-0.39, 0.29) is 45.2 Å². The number of aryl methyl sites for hydroxylation is 1. The summed E-state index contributed by atoms with van der Waals surface area (Å²) in [6, 6.07) is 1.99. The molecule has 2 atom stereocenters. The van der Waals surface area contributed by atoms with Gasteiger partial charge in [0, 0.05) is 38.1 Å². The molecule has 1 aromatic carbocycles. The van der Waals surface area contributed by atoms with Gasteiger partial charge in [-0.15, -0.1) is 0 Å². The lowest BCUT2D eigenvalue weighted by Gasteiger charge is -2.36. The van der Waals surface area contributed by atoms with Crippen molar-refractivity contribution in [1.82, 2.24) is 19.2 Å². The van der Waals surface area contributed by atoms with E-state index in [9.17, 15) is 17.6 Å². The lowest BCUT2D eigenvalue weighted by molar-refractivity contribution is -0.126. The molecular weight excluding hydrogens is 490 g/mol. The molecule has 2 fully saturated rings. The van der Waals surface area contributed by atoms with Gasteiger partial charge in [0.2, 0.25) is 11.1 Å². The van der Waals surface area contributed by atoms with Crippen LogP contribution in [0.1, 0.15) is 50.6 Å². The Morgan fingerprint density at radius 3 is 2.64 bits per heavy atom. The highest BCUT2D eigenvalue weighted by molar-refractivity contribution is 7.89. The van der Waals surface area contributed by atoms with E-state index in [1.54, 1.807) is 13.2 Å². The van der Waals surface area contributed by atoms with Crippen LogP contribution in [0.15, 0.2) is 29.7 Å². The molecule has 2 unspecified atom stereocenters. The molecule has 1 saturated heterocycles. The zero-order chi connectivity index (χ0) is 24.0. The van der Waals surface area contributed by atoms with Crippen LogP contribution in [0.4, 0.5) is 4.39 Å². The predicted molar refractivity (Wildman–Crippen MR) is 124 cm³/mol. The third-order valence-electron chi connectivity index (χ3n) is 6.97. The maximum atomic E-state index is 15.0. The molecule has 2 heterocycles. The van der Waals surface area contributed by atoms with Gasteiger partial charge < -0.3 is 9.88 Å². The van der Waals surface area contributed by atoms with Crippen molar-refractivity contribution in [3.63, 3.8) is 0 Å². The number of benzene rings is 1. The quantitative estimate of drug-likeness (QED) is 0.579. The lowest BCUT2D eigenvalue weighted by Crippen LogP contribution is -2.42. The molecule has 4 rings (SSSR count). The first kappa shape index (κ1) is 24.4. The number of carbonyl (C=O) groups excluding carboxylic acids is 1. The van der Waals surface area contributed by atoms with Gasteiger partial charge in [0.15, 0.2) is 0 Å². The minimum absolute atomic E-state index is 0.0379. The Labute approximate surface area is 203 Å². The van der Waals surface area contributed by atoms with Crippen LogP contribution in [0.5, 0.6) is 0 Å². The van der Waals surface area contributed by atoms with Gasteiger partial charge in [0.1, 0.15) is 5.82 Å². The van der Waals surface area contributed by atoms with Crippen molar-refractivity contribution in [2.45, 2.75) is 50.2 Å². The van der Waals surface area contributed by atoms with Crippen LogP contribution in [0.3, 0.4) is 0 Å². The molecule has 7 nitrogen and oxygen atoms in total. The minimum atomic E-state index is -3.81. The van der Waals surface area contributed by atoms with Crippen LogP contribution in [0.25, 0.3) is 0 Å². The predicted octanol–water partition coefficient (Wildman–Crippen LogP) is 4.31. The number of halogens is 3. The lowest BCUT2D eigenvalue weighted by atomic mass is 9.76. The number of sulfonamides is 1. The van der Waals surface area contributed by atoms with Gasteiger partial charge in [-0.2, -0.15) is 4.31 Å². The normalized spacial score (nSPS) is 21.9. The zero-order valence-electron chi connectivity index (χ0n) is 18.5. The third kappa shape index (κ3) is 4.52. The number of amides is 1. The van der Waals surface area contributed by atoms with E-state index >= 15 is 0 Å². The van der Waals surface area contributed by atoms with Crippen LogP contribution in [0.2, 0.25) is 10.0 Å². The van der Waals surface area contributed by atoms with Crippen molar-refractivity contribution in [3.8, 4) is 0 Å². The van der Waals surface area contributed by atoms with E-state index in [1.165, 1.54) is 27.2 Å². The topological polar surface area (TPSA) is 84.3 Å². The van der Waals surface area contributed by atoms with Gasteiger partial charge >= 0.3 is 0 Å². The molecule has 2 aromatic rings. The SMILES string of the molecule is Cn1ccnc1S(=O)(=O)N1CCC(C(=O)NC(c2c(F)ccc(Cl)c2Cl)C2(C)CCCC2)C1. The molecular formula is C22H27Cl2FN4O3S. The smallest absolute Gasteiger partial charge is 0.277 e. The average molecular weight is 517 g/mol. The second-order valence-corrected chi connectivity index (χ2v) is 11.8. The van der Waals surface area contributed by atoms with E-state index in [0.29, 0.717) is 6.42 Å². The van der Waals surface area contributed by atoms with Crippen molar-refractivity contribution in [3.05, 3.63) is 46.0 Å². The maximum Gasteiger partial charge on any atom is 0.277 e. The summed E-state index contributed by atoms with van der Waals surface area (Å²) in [7, 11) is -2.21. The first-order valence-electron chi connectivity index (χ1n) is 11.0. The van der Waals surface area contributed by atoms with Crippen LogP contribution >= 0.6 is 23.2 Å². The number of hydrogen-bond acceptors (Lipinski definition) is 4. The molecule has 1 saturated carbocycles. The Hall–Kier alpha value is -1.68. The standard InChI is InChI=1S/C22H27Cl2FN4O3S/c1-22(8-3-4-9-22)19(17-16(25)6-5-15(23)18(17)24)27-20(30)14-7-11-29(13-14)33(31,32)21-26-10-12-28(21)2/h5-6,10,12,14,19H,3-4,7-9,11,13H2,1-2H3,(H,27,30). The van der Waals surface area contributed by atoms with Gasteiger partial charge in [0.05, 0.1) is 22.0 Å². The summed E-state index contributed by atoms with van der Waals surface area (Å²) < 4.78 is 43.6. The summed E-state index contributed by atoms with van der Waals surface area (Å²) in [6.07, 6.45) is 6.91. The second-order valence-electron chi connectivity index (χ2n) is 9.23. The Morgan fingerprint density at radius 2 is 2.00 bits per heavy atom. The van der Waals surface area contributed by atoms with E-state index in [0.717, 1.165) is 25.7 Å². The van der Waals surface area contributed by atoms with E-state index in [4.69, 9.17) is 23.2 Å². The summed E-state index contributed by atoms with van der Waals surface area (Å²) in [6.45, 7) is 2.27. The van der Waals surface area contributed by atoms with Crippen molar-refractivity contribution in [1.29, 1.82) is 0 Å². The molecule has 11 heteroatoms. The van der Waals surface area contributed by atoms with Crippen molar-refractivity contribution < 1.29 is 17.6 Å². The number of nitrogens with zero attached hydrogens (tertiary/aromatic N) is 3. The van der Waals surface area contributed by atoms with Crippen molar-refractivity contribution in [2.24, 2.45) is 18.4 Å². The number of aromatic nitrogens is 2. The number of hydrogen-bond donors (Lipinski definition) is 1. The molecule has 2 aliphatic rings. The van der Waals surface area contributed by atoms with Gasteiger partial charge in [-0.05, 0) is 36.8 Å². The van der Waals surface area contributed by atoms with Crippen molar-refractivity contribution in [2.75, 3.05) is 13.1 Å². The fourth-order valence-electron chi connectivity index (χ4n) is 5.01. The molecule has 1 aromatic heterocycles. The highest BCUT2D eigenvalue weighted by Crippen LogP contribution is 2.50. The number of carbonyl (C=O) groups is 1. The molecule has 33 heavy (non-hydrogen) atoms. The summed E-state index contributed by atoms with van der Waals surface area (Å²) in [4.78, 5) is 17.3. The van der Waals surface area contributed by atoms with Crippen LogP contribution in [-0.4, -0.2) is 41.3 Å². The minimum Gasteiger partial charge on any atom is -0.348 e. The number of rotatable bonds is 6. The monoisotopic (exact) mass is 516 g/mol. The zero-order valence-corrected chi connectivity index (χ0v) is 20.9. The van der Waals surface area contributed by atoms with E-state index < -0.39 is 27.8 Å². The largest absolute Gasteiger partial charge is 0.348 e. The van der Waals surface area contributed by atoms with E-state index in [1.807, 2.05) is 6.92 Å². The average Bonchev–Trinajstić information content (AvgIpc) is 3.51. The Morgan fingerprint density at radius 1 is 1.30 bits per heavy atom. The summed E-state index contributed by atoms with van der Waals surface area (Å²) >= 11 is 12.6. The first-order chi connectivity index (χ1) is 15.5. The molecule has 0 bridgehead atoms. The van der Waals surface area contributed by atoms with Gasteiger partial charge in [-0.25, -0.2) is 17.8 Å².